The molecule has 0 aromatic rings. The van der Waals surface area contributed by atoms with Crippen molar-refractivity contribution in [3.05, 3.63) is 0 Å². The van der Waals surface area contributed by atoms with E-state index < -0.39 is 12.0 Å². The SMILES string of the molecule is CCC(NC(=O)CC1CCCN(C(=O)NCC(C)C)C1)C(=O)O. The molecule has 0 bridgehead atoms. The Morgan fingerprint density at radius 3 is 2.57 bits per heavy atom. The standard InChI is InChI=1S/C16H29N3O4/c1-4-13(15(21)22)18-14(20)8-12-6-5-7-19(10-12)16(23)17-9-11(2)3/h11-13H,4-10H2,1-3H3,(H,17,23)(H,18,20)(H,21,22). The van der Waals surface area contributed by atoms with Crippen LogP contribution >= 0.6 is 0 Å². The number of carboxylic acid groups (broad SMARTS) is 1. The lowest BCUT2D eigenvalue weighted by molar-refractivity contribution is -0.142. The first-order valence-electron chi connectivity index (χ1n) is 8.38. The molecule has 1 aliphatic rings. The number of piperidine rings is 1. The van der Waals surface area contributed by atoms with Crippen molar-refractivity contribution in [3.63, 3.8) is 0 Å². The van der Waals surface area contributed by atoms with Gasteiger partial charge >= 0.3 is 12.0 Å². The molecular weight excluding hydrogens is 298 g/mol. The van der Waals surface area contributed by atoms with E-state index in [1.54, 1.807) is 11.8 Å². The van der Waals surface area contributed by atoms with Gasteiger partial charge in [0, 0.05) is 26.1 Å². The molecule has 0 radical (unpaired) electrons. The van der Waals surface area contributed by atoms with Crippen molar-refractivity contribution >= 4 is 17.9 Å². The second-order valence-electron chi connectivity index (χ2n) is 6.60. The van der Waals surface area contributed by atoms with Gasteiger partial charge in [0.15, 0.2) is 0 Å². The van der Waals surface area contributed by atoms with Crippen molar-refractivity contribution < 1.29 is 19.5 Å². The number of amides is 3. The van der Waals surface area contributed by atoms with Crippen LogP contribution in [0.15, 0.2) is 0 Å². The van der Waals surface area contributed by atoms with E-state index in [-0.39, 0.29) is 24.3 Å². The first-order chi connectivity index (χ1) is 10.8. The zero-order valence-electron chi connectivity index (χ0n) is 14.3. The first-order valence-corrected chi connectivity index (χ1v) is 8.38. The van der Waals surface area contributed by atoms with Gasteiger partial charge in [-0.15, -0.1) is 0 Å². The van der Waals surface area contributed by atoms with Gasteiger partial charge < -0.3 is 20.6 Å². The van der Waals surface area contributed by atoms with Gasteiger partial charge in [-0.25, -0.2) is 9.59 Å². The number of urea groups is 1. The highest BCUT2D eigenvalue weighted by atomic mass is 16.4. The third kappa shape index (κ3) is 6.88. The average Bonchev–Trinajstić information content (AvgIpc) is 2.50. The summed E-state index contributed by atoms with van der Waals surface area (Å²) in [6, 6.07) is -0.919. The van der Waals surface area contributed by atoms with E-state index in [4.69, 9.17) is 5.11 Å². The molecule has 0 aromatic heterocycles. The average molecular weight is 327 g/mol. The number of likely N-dealkylation sites (tertiary alicyclic amines) is 1. The van der Waals surface area contributed by atoms with Crippen LogP contribution in [-0.2, 0) is 9.59 Å². The third-order valence-electron chi connectivity index (χ3n) is 3.98. The Kier molecular flexibility index (Phi) is 7.85. The van der Waals surface area contributed by atoms with Gasteiger partial charge in [0.2, 0.25) is 5.91 Å². The van der Waals surface area contributed by atoms with Crippen LogP contribution in [0.4, 0.5) is 4.79 Å². The van der Waals surface area contributed by atoms with Gasteiger partial charge in [-0.05, 0) is 31.1 Å². The molecule has 7 nitrogen and oxygen atoms in total. The topological polar surface area (TPSA) is 98.7 Å². The molecule has 3 N–H and O–H groups in total. The molecular formula is C16H29N3O4. The van der Waals surface area contributed by atoms with E-state index in [0.29, 0.717) is 32.0 Å². The fourth-order valence-electron chi connectivity index (χ4n) is 2.67. The van der Waals surface area contributed by atoms with Gasteiger partial charge in [0.1, 0.15) is 6.04 Å². The number of carboxylic acids is 1. The number of nitrogens with zero attached hydrogens (tertiary/aromatic N) is 1. The highest BCUT2D eigenvalue weighted by Gasteiger charge is 2.26. The summed E-state index contributed by atoms with van der Waals surface area (Å²) >= 11 is 0. The summed E-state index contributed by atoms with van der Waals surface area (Å²) in [7, 11) is 0. The number of carbonyl (C=O) groups excluding carboxylic acids is 2. The molecule has 2 unspecified atom stereocenters. The quantitative estimate of drug-likeness (QED) is 0.659. The van der Waals surface area contributed by atoms with Gasteiger partial charge in [-0.1, -0.05) is 20.8 Å². The number of hydrogen-bond acceptors (Lipinski definition) is 3. The minimum Gasteiger partial charge on any atom is -0.480 e. The van der Waals surface area contributed by atoms with Crippen molar-refractivity contribution in [2.24, 2.45) is 11.8 Å². The van der Waals surface area contributed by atoms with E-state index in [0.717, 1.165) is 12.8 Å². The summed E-state index contributed by atoms with van der Waals surface area (Å²) in [4.78, 5) is 36.8. The second-order valence-corrected chi connectivity index (χ2v) is 6.60. The number of aliphatic carboxylic acids is 1. The molecule has 23 heavy (non-hydrogen) atoms. The first kappa shape index (κ1) is 19.3. The van der Waals surface area contributed by atoms with Crippen LogP contribution in [0.3, 0.4) is 0 Å². The largest absolute Gasteiger partial charge is 0.480 e. The van der Waals surface area contributed by atoms with Gasteiger partial charge in [-0.2, -0.15) is 0 Å². The van der Waals surface area contributed by atoms with Crippen molar-refractivity contribution in [3.8, 4) is 0 Å². The van der Waals surface area contributed by atoms with Crippen LogP contribution in [-0.4, -0.2) is 53.6 Å². The zero-order chi connectivity index (χ0) is 17.4. The van der Waals surface area contributed by atoms with Crippen LogP contribution in [0.2, 0.25) is 0 Å². The van der Waals surface area contributed by atoms with Crippen LogP contribution in [0, 0.1) is 11.8 Å². The monoisotopic (exact) mass is 327 g/mol. The summed E-state index contributed by atoms with van der Waals surface area (Å²) in [5.74, 6) is -0.792. The van der Waals surface area contributed by atoms with Crippen molar-refractivity contribution in [2.75, 3.05) is 19.6 Å². The van der Waals surface area contributed by atoms with E-state index in [1.807, 2.05) is 13.8 Å². The molecule has 2 atom stereocenters. The molecule has 1 fully saturated rings. The summed E-state index contributed by atoms with van der Waals surface area (Å²) in [6.07, 6.45) is 2.36. The van der Waals surface area contributed by atoms with E-state index in [1.165, 1.54) is 0 Å². The van der Waals surface area contributed by atoms with Gasteiger partial charge in [-0.3, -0.25) is 4.79 Å². The summed E-state index contributed by atoms with van der Waals surface area (Å²) in [6.45, 7) is 7.68. The molecule has 7 heteroatoms. The number of hydrogen-bond donors (Lipinski definition) is 3. The molecule has 0 spiro atoms. The fourth-order valence-corrected chi connectivity index (χ4v) is 2.67. The lowest BCUT2D eigenvalue weighted by Crippen LogP contribution is -2.47. The van der Waals surface area contributed by atoms with Crippen LogP contribution in [0.5, 0.6) is 0 Å². The molecule has 0 aliphatic carbocycles. The Hall–Kier alpha value is -1.79. The summed E-state index contributed by atoms with van der Waals surface area (Å²) in [5, 5.41) is 14.4. The Balaban J connectivity index is 2.44. The summed E-state index contributed by atoms with van der Waals surface area (Å²) < 4.78 is 0. The van der Waals surface area contributed by atoms with Gasteiger partial charge in [0.05, 0.1) is 0 Å². The van der Waals surface area contributed by atoms with E-state index >= 15 is 0 Å². The minimum atomic E-state index is -1.01. The molecule has 1 aliphatic heterocycles. The van der Waals surface area contributed by atoms with Crippen molar-refractivity contribution in [2.45, 2.75) is 52.5 Å². The number of nitrogens with one attached hydrogen (secondary N) is 2. The van der Waals surface area contributed by atoms with Crippen LogP contribution in [0.1, 0.15) is 46.5 Å². The number of carbonyl (C=O) groups is 3. The lowest BCUT2D eigenvalue weighted by Gasteiger charge is -2.33. The Morgan fingerprint density at radius 1 is 1.30 bits per heavy atom. The molecule has 1 rings (SSSR count). The Bertz CT molecular complexity index is 426. The van der Waals surface area contributed by atoms with E-state index in [2.05, 4.69) is 10.6 Å². The molecule has 0 saturated carbocycles. The molecule has 3 amide bonds. The van der Waals surface area contributed by atoms with Crippen molar-refractivity contribution in [1.29, 1.82) is 0 Å². The molecule has 132 valence electrons. The number of rotatable bonds is 7. The summed E-state index contributed by atoms with van der Waals surface area (Å²) in [5.41, 5.74) is 0. The Morgan fingerprint density at radius 2 is 2.00 bits per heavy atom. The second kappa shape index (κ2) is 9.37. The third-order valence-corrected chi connectivity index (χ3v) is 3.98. The molecule has 1 heterocycles. The Labute approximate surface area is 137 Å². The molecule has 1 saturated heterocycles. The van der Waals surface area contributed by atoms with Crippen LogP contribution < -0.4 is 10.6 Å². The van der Waals surface area contributed by atoms with Gasteiger partial charge in [0.25, 0.3) is 0 Å². The fraction of sp³-hybridized carbons (Fsp3) is 0.812. The smallest absolute Gasteiger partial charge is 0.326 e. The lowest BCUT2D eigenvalue weighted by atomic mass is 9.94. The maximum absolute atomic E-state index is 12.1. The maximum Gasteiger partial charge on any atom is 0.326 e. The predicted molar refractivity (Wildman–Crippen MR) is 87.0 cm³/mol. The normalized spacial score (nSPS) is 19.3. The van der Waals surface area contributed by atoms with E-state index in [9.17, 15) is 14.4 Å². The maximum atomic E-state index is 12.1. The zero-order valence-corrected chi connectivity index (χ0v) is 14.3. The highest BCUT2D eigenvalue weighted by molar-refractivity contribution is 5.83. The minimum absolute atomic E-state index is 0.0826. The van der Waals surface area contributed by atoms with Crippen molar-refractivity contribution in [1.82, 2.24) is 15.5 Å². The van der Waals surface area contributed by atoms with Crippen LogP contribution in [0.25, 0.3) is 0 Å². The predicted octanol–water partition coefficient (Wildman–Crippen LogP) is 1.43. The highest BCUT2D eigenvalue weighted by Crippen LogP contribution is 2.19. The molecule has 0 aromatic carbocycles.